The predicted octanol–water partition coefficient (Wildman–Crippen LogP) is 4.42. The van der Waals surface area contributed by atoms with Gasteiger partial charge in [0.25, 0.3) is 0 Å². The van der Waals surface area contributed by atoms with Crippen LogP contribution in [-0.4, -0.2) is 5.25 Å². The highest BCUT2D eigenvalue weighted by atomic mass is 32.2. The zero-order valence-corrected chi connectivity index (χ0v) is 10.9. The van der Waals surface area contributed by atoms with Crippen LogP contribution in [0.25, 0.3) is 0 Å². The van der Waals surface area contributed by atoms with Crippen molar-refractivity contribution in [3.63, 3.8) is 0 Å². The average Bonchev–Trinajstić information content (AvgIpc) is 2.26. The normalized spacial score (nSPS) is 10.4. The SMILES string of the molecule is CC(C)Sc1ccc(CCCCC#N)cc1. The Hall–Kier alpha value is -0.940. The predicted molar refractivity (Wildman–Crippen MR) is 70.6 cm³/mol. The van der Waals surface area contributed by atoms with Crippen LogP contribution in [0.1, 0.15) is 38.7 Å². The molecule has 0 atom stereocenters. The Morgan fingerprint density at radius 1 is 1.19 bits per heavy atom. The van der Waals surface area contributed by atoms with Crippen LogP contribution in [0.5, 0.6) is 0 Å². The maximum absolute atomic E-state index is 8.43. The summed E-state index contributed by atoms with van der Waals surface area (Å²) in [5.41, 5.74) is 1.38. The number of hydrogen-bond donors (Lipinski definition) is 0. The van der Waals surface area contributed by atoms with Gasteiger partial charge in [-0.3, -0.25) is 0 Å². The number of hydrogen-bond acceptors (Lipinski definition) is 2. The largest absolute Gasteiger partial charge is 0.198 e. The smallest absolute Gasteiger partial charge is 0.0621 e. The highest BCUT2D eigenvalue weighted by Crippen LogP contribution is 2.23. The highest BCUT2D eigenvalue weighted by Gasteiger charge is 1.98. The number of nitrogens with zero attached hydrogens (tertiary/aromatic N) is 1. The van der Waals surface area contributed by atoms with Gasteiger partial charge in [-0.05, 0) is 37.0 Å². The molecule has 0 radical (unpaired) electrons. The zero-order valence-electron chi connectivity index (χ0n) is 10.1. The van der Waals surface area contributed by atoms with E-state index in [-0.39, 0.29) is 0 Å². The second kappa shape index (κ2) is 7.35. The molecule has 0 amide bonds. The summed E-state index contributed by atoms with van der Waals surface area (Å²) in [6.45, 7) is 4.42. The van der Waals surface area contributed by atoms with Crippen LogP contribution >= 0.6 is 11.8 Å². The molecule has 0 heterocycles. The molecule has 1 nitrogen and oxygen atoms in total. The maximum Gasteiger partial charge on any atom is 0.0621 e. The summed E-state index contributed by atoms with van der Waals surface area (Å²) >= 11 is 1.90. The van der Waals surface area contributed by atoms with Gasteiger partial charge in [-0.25, -0.2) is 0 Å². The Balaban J connectivity index is 2.37. The molecule has 0 fully saturated rings. The average molecular weight is 233 g/mol. The first-order chi connectivity index (χ1) is 7.72. The van der Waals surface area contributed by atoms with Gasteiger partial charge >= 0.3 is 0 Å². The van der Waals surface area contributed by atoms with Gasteiger partial charge in [0.15, 0.2) is 0 Å². The number of aryl methyl sites for hydroxylation is 1. The summed E-state index contributed by atoms with van der Waals surface area (Å²) < 4.78 is 0. The third-order valence-electron chi connectivity index (χ3n) is 2.30. The Morgan fingerprint density at radius 3 is 2.44 bits per heavy atom. The van der Waals surface area contributed by atoms with Crippen LogP contribution < -0.4 is 0 Å². The monoisotopic (exact) mass is 233 g/mol. The molecule has 86 valence electrons. The lowest BCUT2D eigenvalue weighted by molar-refractivity contribution is 0.752. The van der Waals surface area contributed by atoms with Crippen molar-refractivity contribution in [1.82, 2.24) is 0 Å². The third-order valence-corrected chi connectivity index (χ3v) is 3.31. The van der Waals surface area contributed by atoms with E-state index < -0.39 is 0 Å². The van der Waals surface area contributed by atoms with Crippen LogP contribution in [0.3, 0.4) is 0 Å². The Morgan fingerprint density at radius 2 is 1.88 bits per heavy atom. The second-order valence-electron chi connectivity index (χ2n) is 4.18. The van der Waals surface area contributed by atoms with Crippen molar-refractivity contribution in [3.8, 4) is 6.07 Å². The highest BCUT2D eigenvalue weighted by molar-refractivity contribution is 7.99. The molecule has 1 aromatic rings. The van der Waals surface area contributed by atoms with Crippen molar-refractivity contribution < 1.29 is 0 Å². The van der Waals surface area contributed by atoms with E-state index >= 15 is 0 Å². The first-order valence-electron chi connectivity index (χ1n) is 5.85. The first-order valence-corrected chi connectivity index (χ1v) is 6.73. The first kappa shape index (κ1) is 13.1. The molecule has 0 bridgehead atoms. The fraction of sp³-hybridized carbons (Fsp3) is 0.500. The third kappa shape index (κ3) is 5.23. The van der Waals surface area contributed by atoms with Crippen molar-refractivity contribution in [3.05, 3.63) is 29.8 Å². The quantitative estimate of drug-likeness (QED) is 0.536. The molecule has 0 unspecified atom stereocenters. The molecule has 0 saturated heterocycles. The fourth-order valence-corrected chi connectivity index (χ4v) is 2.38. The van der Waals surface area contributed by atoms with E-state index in [9.17, 15) is 0 Å². The summed E-state index contributed by atoms with van der Waals surface area (Å²) in [4.78, 5) is 1.34. The number of benzene rings is 1. The summed E-state index contributed by atoms with van der Waals surface area (Å²) in [6, 6.07) is 11.0. The molecule has 0 aliphatic heterocycles. The van der Waals surface area contributed by atoms with Crippen LogP contribution in [0, 0.1) is 11.3 Å². The fourth-order valence-electron chi connectivity index (χ4n) is 1.54. The van der Waals surface area contributed by atoms with Crippen molar-refractivity contribution in [1.29, 1.82) is 5.26 Å². The minimum atomic E-state index is 0.640. The molecule has 0 saturated carbocycles. The van der Waals surface area contributed by atoms with E-state index in [1.54, 1.807) is 0 Å². The molecule has 0 aliphatic carbocycles. The van der Waals surface area contributed by atoms with Gasteiger partial charge in [0.1, 0.15) is 0 Å². The van der Waals surface area contributed by atoms with Gasteiger partial charge < -0.3 is 0 Å². The molecule has 1 rings (SSSR count). The second-order valence-corrected chi connectivity index (χ2v) is 5.83. The molecule has 16 heavy (non-hydrogen) atoms. The lowest BCUT2D eigenvalue weighted by atomic mass is 10.1. The van der Waals surface area contributed by atoms with Crippen molar-refractivity contribution in [2.75, 3.05) is 0 Å². The molecule has 0 spiro atoms. The molecular formula is C14H19NS. The van der Waals surface area contributed by atoms with Gasteiger partial charge in [0.05, 0.1) is 6.07 Å². The van der Waals surface area contributed by atoms with Gasteiger partial charge in [0.2, 0.25) is 0 Å². The van der Waals surface area contributed by atoms with Crippen LogP contribution in [0.15, 0.2) is 29.2 Å². The Kier molecular flexibility index (Phi) is 6.03. The maximum atomic E-state index is 8.43. The number of unbranched alkanes of at least 4 members (excludes halogenated alkanes) is 2. The molecule has 0 aliphatic rings. The van der Waals surface area contributed by atoms with Crippen LogP contribution in [0.2, 0.25) is 0 Å². The minimum absolute atomic E-state index is 0.640. The van der Waals surface area contributed by atoms with E-state index in [1.807, 2.05) is 11.8 Å². The van der Waals surface area contributed by atoms with E-state index in [0.29, 0.717) is 11.7 Å². The Labute approximate surface area is 103 Å². The van der Waals surface area contributed by atoms with Gasteiger partial charge in [-0.15, -0.1) is 11.8 Å². The van der Waals surface area contributed by atoms with Crippen LogP contribution in [0.4, 0.5) is 0 Å². The minimum Gasteiger partial charge on any atom is -0.198 e. The topological polar surface area (TPSA) is 23.8 Å². The van der Waals surface area contributed by atoms with Crippen molar-refractivity contribution in [2.45, 2.75) is 49.7 Å². The van der Waals surface area contributed by atoms with E-state index in [1.165, 1.54) is 10.5 Å². The number of rotatable bonds is 6. The summed E-state index contributed by atoms with van der Waals surface area (Å²) in [5, 5.41) is 9.07. The molecule has 1 aromatic carbocycles. The zero-order chi connectivity index (χ0) is 11.8. The van der Waals surface area contributed by atoms with Gasteiger partial charge in [-0.2, -0.15) is 5.26 Å². The summed E-state index contributed by atoms with van der Waals surface area (Å²) in [6.07, 6.45) is 3.90. The van der Waals surface area contributed by atoms with Gasteiger partial charge in [0, 0.05) is 16.6 Å². The Bertz CT molecular complexity index is 335. The molecular weight excluding hydrogens is 214 g/mol. The number of thioether (sulfide) groups is 1. The van der Waals surface area contributed by atoms with Crippen LogP contribution in [-0.2, 0) is 6.42 Å². The molecule has 2 heteroatoms. The van der Waals surface area contributed by atoms with E-state index in [0.717, 1.165) is 19.3 Å². The van der Waals surface area contributed by atoms with Crippen molar-refractivity contribution in [2.24, 2.45) is 0 Å². The lowest BCUT2D eigenvalue weighted by Gasteiger charge is -2.06. The lowest BCUT2D eigenvalue weighted by Crippen LogP contribution is -1.88. The molecule has 0 N–H and O–H groups in total. The van der Waals surface area contributed by atoms with E-state index in [4.69, 9.17) is 5.26 Å². The summed E-state index contributed by atoms with van der Waals surface area (Å²) in [7, 11) is 0. The van der Waals surface area contributed by atoms with E-state index in [2.05, 4.69) is 44.2 Å². The standard InChI is InChI=1S/C14H19NS/c1-12(2)16-14-9-7-13(8-10-14)6-4-3-5-11-15/h7-10,12H,3-6H2,1-2H3. The van der Waals surface area contributed by atoms with Gasteiger partial charge in [-0.1, -0.05) is 26.0 Å². The summed E-state index contributed by atoms with van der Waals surface area (Å²) in [5.74, 6) is 0. The van der Waals surface area contributed by atoms with Crippen molar-refractivity contribution >= 4 is 11.8 Å². The molecule has 0 aromatic heterocycles. The number of nitriles is 1.